The summed E-state index contributed by atoms with van der Waals surface area (Å²) in [5.41, 5.74) is 0.874. The number of rotatable bonds is 2. The number of nitriles is 1. The monoisotopic (exact) mass is 321 g/mol. The van der Waals surface area contributed by atoms with Crippen molar-refractivity contribution >= 4 is 22.7 Å². The first-order valence-electron chi connectivity index (χ1n) is 8.14. The lowest BCUT2D eigenvalue weighted by atomic mass is 10.1. The third kappa shape index (κ3) is 2.50. The fourth-order valence-corrected chi connectivity index (χ4v) is 3.37. The predicted molar refractivity (Wildman–Crippen MR) is 92.8 cm³/mol. The van der Waals surface area contributed by atoms with Crippen LogP contribution in [0.5, 0.6) is 0 Å². The molecule has 24 heavy (non-hydrogen) atoms. The van der Waals surface area contributed by atoms with Gasteiger partial charge in [-0.3, -0.25) is 4.99 Å². The van der Waals surface area contributed by atoms with Gasteiger partial charge in [-0.1, -0.05) is 6.08 Å². The summed E-state index contributed by atoms with van der Waals surface area (Å²) in [6.07, 6.45) is 8.48. The Balaban J connectivity index is 1.49. The number of aliphatic imine (C=N–C) groups is 1. The molecule has 122 valence electrons. The molecular formula is C17H19N7. The lowest BCUT2D eigenvalue weighted by molar-refractivity contribution is 0.391. The summed E-state index contributed by atoms with van der Waals surface area (Å²) in [7, 11) is 2.08. The zero-order valence-corrected chi connectivity index (χ0v) is 13.6. The number of nitrogens with zero attached hydrogens (tertiary/aromatic N) is 6. The van der Waals surface area contributed by atoms with Crippen molar-refractivity contribution in [1.82, 2.24) is 19.9 Å². The van der Waals surface area contributed by atoms with Crippen LogP contribution in [-0.4, -0.2) is 58.4 Å². The van der Waals surface area contributed by atoms with Crippen molar-refractivity contribution in [3.8, 4) is 6.07 Å². The van der Waals surface area contributed by atoms with Crippen LogP contribution in [0.3, 0.4) is 0 Å². The molecule has 0 spiro atoms. The Bertz CT molecular complexity index is 844. The number of aromatic nitrogens is 3. The molecule has 7 heteroatoms. The van der Waals surface area contributed by atoms with Crippen LogP contribution in [0.4, 0.5) is 5.82 Å². The van der Waals surface area contributed by atoms with Crippen LogP contribution in [0, 0.1) is 17.2 Å². The van der Waals surface area contributed by atoms with E-state index < -0.39 is 0 Å². The third-order valence-electron chi connectivity index (χ3n) is 4.80. The van der Waals surface area contributed by atoms with E-state index in [2.05, 4.69) is 42.9 Å². The lowest BCUT2D eigenvalue weighted by Crippen LogP contribution is -2.39. The quantitative estimate of drug-likeness (QED) is 0.908. The first kappa shape index (κ1) is 14.7. The molecule has 2 unspecified atom stereocenters. The number of dihydropyridines is 1. The minimum absolute atomic E-state index is 0.0925. The minimum atomic E-state index is -0.0925. The van der Waals surface area contributed by atoms with Crippen molar-refractivity contribution in [3.05, 3.63) is 30.7 Å². The van der Waals surface area contributed by atoms with Crippen LogP contribution in [0.25, 0.3) is 11.0 Å². The summed E-state index contributed by atoms with van der Waals surface area (Å²) in [5, 5.41) is 10.0. The first-order chi connectivity index (χ1) is 11.8. The highest BCUT2D eigenvalue weighted by molar-refractivity contribution is 5.94. The Hall–Kier alpha value is -2.88. The van der Waals surface area contributed by atoms with Crippen LogP contribution < -0.4 is 4.90 Å². The zero-order valence-electron chi connectivity index (χ0n) is 13.6. The smallest absolute Gasteiger partial charge is 0.142 e. The Kier molecular flexibility index (Phi) is 3.65. The second-order valence-corrected chi connectivity index (χ2v) is 6.23. The molecule has 0 saturated carbocycles. The maximum Gasteiger partial charge on any atom is 0.142 e. The van der Waals surface area contributed by atoms with Gasteiger partial charge in [0, 0.05) is 32.4 Å². The number of likely N-dealkylation sites (N-methyl/N-ethyl adjacent to an activating group) is 1. The fourth-order valence-electron chi connectivity index (χ4n) is 3.37. The van der Waals surface area contributed by atoms with E-state index in [1.165, 1.54) is 0 Å². The maximum absolute atomic E-state index is 8.95. The summed E-state index contributed by atoms with van der Waals surface area (Å²) >= 11 is 0. The molecule has 0 radical (unpaired) electrons. The molecule has 0 aromatic carbocycles. The molecular weight excluding hydrogens is 302 g/mol. The van der Waals surface area contributed by atoms with Gasteiger partial charge in [-0.15, -0.1) is 0 Å². The van der Waals surface area contributed by atoms with E-state index in [0.29, 0.717) is 12.6 Å². The van der Waals surface area contributed by atoms with E-state index in [4.69, 9.17) is 5.26 Å². The number of anilines is 1. The van der Waals surface area contributed by atoms with Crippen molar-refractivity contribution < 1.29 is 0 Å². The van der Waals surface area contributed by atoms with Crippen LogP contribution >= 0.6 is 0 Å². The van der Waals surface area contributed by atoms with E-state index in [1.54, 1.807) is 6.33 Å². The topological polar surface area (TPSA) is 84.2 Å². The summed E-state index contributed by atoms with van der Waals surface area (Å²) in [5.74, 6) is 1.86. The number of hydrogen-bond acceptors (Lipinski definition) is 6. The molecule has 0 amide bonds. The summed E-state index contributed by atoms with van der Waals surface area (Å²) in [4.78, 5) is 21.0. The third-order valence-corrected chi connectivity index (χ3v) is 4.80. The molecule has 1 saturated heterocycles. The van der Waals surface area contributed by atoms with Gasteiger partial charge in [-0.05, 0) is 18.6 Å². The van der Waals surface area contributed by atoms with Gasteiger partial charge >= 0.3 is 0 Å². The molecule has 2 aromatic rings. The van der Waals surface area contributed by atoms with Gasteiger partial charge < -0.3 is 14.8 Å². The molecule has 2 aliphatic rings. The summed E-state index contributed by atoms with van der Waals surface area (Å²) < 4.78 is 0. The van der Waals surface area contributed by atoms with Gasteiger partial charge in [-0.25, -0.2) is 9.97 Å². The molecule has 0 aliphatic carbocycles. The number of aromatic amines is 1. The van der Waals surface area contributed by atoms with Crippen LogP contribution in [0.2, 0.25) is 0 Å². The van der Waals surface area contributed by atoms with Crippen LogP contribution in [0.1, 0.15) is 6.42 Å². The van der Waals surface area contributed by atoms with E-state index in [-0.39, 0.29) is 5.92 Å². The average Bonchev–Trinajstić information content (AvgIpc) is 3.30. The Morgan fingerprint density at radius 1 is 1.42 bits per heavy atom. The van der Waals surface area contributed by atoms with Crippen LogP contribution in [0.15, 0.2) is 35.7 Å². The van der Waals surface area contributed by atoms with E-state index in [1.807, 2.05) is 24.4 Å². The minimum Gasteiger partial charge on any atom is -0.355 e. The molecule has 1 fully saturated rings. The second-order valence-electron chi connectivity index (χ2n) is 6.23. The fraction of sp³-hybridized carbons (Fsp3) is 0.412. The number of fused-ring (bicyclic) bond motifs is 1. The van der Waals surface area contributed by atoms with Crippen LogP contribution in [-0.2, 0) is 0 Å². The van der Waals surface area contributed by atoms with Crippen molar-refractivity contribution in [2.45, 2.75) is 12.5 Å². The van der Waals surface area contributed by atoms with Crippen molar-refractivity contribution in [2.24, 2.45) is 10.9 Å². The first-order valence-corrected chi connectivity index (χ1v) is 8.14. The zero-order chi connectivity index (χ0) is 16.5. The lowest BCUT2D eigenvalue weighted by Gasteiger charge is -2.28. The van der Waals surface area contributed by atoms with E-state index in [9.17, 15) is 0 Å². The van der Waals surface area contributed by atoms with E-state index in [0.717, 1.165) is 42.2 Å². The normalized spacial score (nSPS) is 23.3. The number of nitrogens with one attached hydrogen (secondary N) is 1. The standard InChI is InChI=1S/C17H19N7/c1-23(15-3-2-12(8-18)9-20-15)13-5-7-24(10-13)17-14-4-6-19-16(14)21-11-22-17/h2-4,6,11-13H,5,7,9-10H2,1H3,(H,19,21,22). The Morgan fingerprint density at radius 2 is 2.33 bits per heavy atom. The summed E-state index contributed by atoms with van der Waals surface area (Å²) in [6.45, 7) is 2.42. The maximum atomic E-state index is 8.95. The number of amidine groups is 1. The average molecular weight is 321 g/mol. The van der Waals surface area contributed by atoms with Gasteiger partial charge in [0.1, 0.15) is 23.6 Å². The molecule has 4 heterocycles. The van der Waals surface area contributed by atoms with Crippen molar-refractivity contribution in [3.63, 3.8) is 0 Å². The molecule has 4 rings (SSSR count). The molecule has 2 atom stereocenters. The molecule has 1 N–H and O–H groups in total. The Morgan fingerprint density at radius 3 is 3.12 bits per heavy atom. The largest absolute Gasteiger partial charge is 0.355 e. The van der Waals surface area contributed by atoms with Gasteiger partial charge in [0.05, 0.1) is 23.9 Å². The number of hydrogen-bond donors (Lipinski definition) is 1. The van der Waals surface area contributed by atoms with Gasteiger partial charge in [0.25, 0.3) is 0 Å². The SMILES string of the molecule is CN(C1=NCC(C#N)C=C1)C1CCN(c2ncnc3[nH]ccc23)C1. The Labute approximate surface area is 140 Å². The van der Waals surface area contributed by atoms with E-state index >= 15 is 0 Å². The molecule has 2 aliphatic heterocycles. The molecule has 2 aromatic heterocycles. The predicted octanol–water partition coefficient (Wildman–Crippen LogP) is 1.58. The summed E-state index contributed by atoms with van der Waals surface area (Å²) in [6, 6.07) is 4.65. The number of H-pyrrole nitrogens is 1. The second kappa shape index (κ2) is 5.96. The highest BCUT2D eigenvalue weighted by atomic mass is 15.3. The highest BCUT2D eigenvalue weighted by Crippen LogP contribution is 2.27. The molecule has 0 bridgehead atoms. The molecule has 7 nitrogen and oxygen atoms in total. The van der Waals surface area contributed by atoms with Gasteiger partial charge in [0.15, 0.2) is 0 Å². The van der Waals surface area contributed by atoms with Gasteiger partial charge in [-0.2, -0.15) is 5.26 Å². The van der Waals surface area contributed by atoms with Gasteiger partial charge in [0.2, 0.25) is 0 Å². The van der Waals surface area contributed by atoms with Crippen molar-refractivity contribution in [2.75, 3.05) is 31.6 Å². The highest BCUT2D eigenvalue weighted by Gasteiger charge is 2.29. The van der Waals surface area contributed by atoms with Crippen molar-refractivity contribution in [1.29, 1.82) is 5.26 Å².